The van der Waals surface area contributed by atoms with Crippen LogP contribution in [0.1, 0.15) is 5.56 Å². The summed E-state index contributed by atoms with van der Waals surface area (Å²) >= 11 is 6.02. The highest BCUT2D eigenvalue weighted by Gasteiger charge is 2.21. The Morgan fingerprint density at radius 3 is 2.55 bits per heavy atom. The maximum Gasteiger partial charge on any atom is 0.186 e. The fourth-order valence-electron chi connectivity index (χ4n) is 1.84. The van der Waals surface area contributed by atoms with Crippen molar-refractivity contribution in [2.75, 3.05) is 12.8 Å². The normalized spacial score (nSPS) is 11.3. The monoisotopic (exact) mass is 311 g/mol. The van der Waals surface area contributed by atoms with Crippen molar-refractivity contribution in [3.05, 3.63) is 53.1 Å². The summed E-state index contributed by atoms with van der Waals surface area (Å²) in [6.45, 7) is 0. The van der Waals surface area contributed by atoms with Gasteiger partial charge in [-0.05, 0) is 29.8 Å². The number of hydrogen-bond acceptors (Lipinski definition) is 4. The second-order valence-corrected chi connectivity index (χ2v) is 6.63. The lowest BCUT2D eigenvalue weighted by atomic mass is 10.2. The molecule has 2 rings (SSSR count). The first kappa shape index (κ1) is 14.7. The Morgan fingerprint density at radius 1 is 1.20 bits per heavy atom. The van der Waals surface area contributed by atoms with E-state index in [-0.39, 0.29) is 10.6 Å². The van der Waals surface area contributed by atoms with Crippen LogP contribution in [0.3, 0.4) is 0 Å². The number of sulfone groups is 1. The molecular formula is C14H14ClNO3S. The average molecular weight is 312 g/mol. The Bertz CT molecular complexity index is 729. The number of hydrogen-bond donors (Lipinski definition) is 1. The van der Waals surface area contributed by atoms with Gasteiger partial charge in [0.05, 0.1) is 12.9 Å². The molecule has 0 atom stereocenters. The Labute approximate surface area is 123 Å². The van der Waals surface area contributed by atoms with Crippen LogP contribution in [0.25, 0.3) is 0 Å². The second kappa shape index (κ2) is 5.73. The minimum absolute atomic E-state index is 0.149. The van der Waals surface area contributed by atoms with Crippen LogP contribution in [0.5, 0.6) is 5.75 Å². The standard InChI is InChI=1S/C14H14ClNO3S/c1-19-13-4-2-3-5-14(13)20(17,18)9-10-6-7-11(16)8-12(10)15/h2-8H,9,16H2,1H3. The smallest absolute Gasteiger partial charge is 0.186 e. The van der Waals surface area contributed by atoms with E-state index in [4.69, 9.17) is 22.1 Å². The first-order valence-corrected chi connectivity index (χ1v) is 7.87. The summed E-state index contributed by atoms with van der Waals surface area (Å²) in [5, 5.41) is 0.337. The predicted octanol–water partition coefficient (Wildman–Crippen LogP) is 2.90. The van der Waals surface area contributed by atoms with E-state index < -0.39 is 9.84 Å². The maximum atomic E-state index is 12.4. The molecule has 0 amide bonds. The Hall–Kier alpha value is -1.72. The van der Waals surface area contributed by atoms with Gasteiger partial charge >= 0.3 is 0 Å². The molecule has 0 aliphatic heterocycles. The summed E-state index contributed by atoms with van der Waals surface area (Å²) in [5.41, 5.74) is 6.59. The molecule has 20 heavy (non-hydrogen) atoms. The van der Waals surface area contributed by atoms with Gasteiger partial charge in [0, 0.05) is 10.7 Å². The molecule has 0 aliphatic carbocycles. The summed E-state index contributed by atoms with van der Waals surface area (Å²) < 4.78 is 30.0. The summed E-state index contributed by atoms with van der Waals surface area (Å²) in [7, 11) is -2.11. The van der Waals surface area contributed by atoms with Crippen molar-refractivity contribution in [2.24, 2.45) is 0 Å². The third-order valence-corrected chi connectivity index (χ3v) is 4.88. The van der Waals surface area contributed by atoms with E-state index in [0.29, 0.717) is 22.0 Å². The van der Waals surface area contributed by atoms with Gasteiger partial charge in [0.25, 0.3) is 0 Å². The van der Waals surface area contributed by atoms with E-state index in [1.807, 2.05) is 0 Å². The minimum atomic E-state index is -3.54. The van der Waals surface area contributed by atoms with E-state index in [1.165, 1.54) is 19.2 Å². The lowest BCUT2D eigenvalue weighted by Crippen LogP contribution is -2.07. The zero-order valence-electron chi connectivity index (χ0n) is 10.8. The lowest BCUT2D eigenvalue weighted by Gasteiger charge is -2.10. The van der Waals surface area contributed by atoms with Crippen LogP contribution in [0.4, 0.5) is 5.69 Å². The van der Waals surface area contributed by atoms with E-state index in [2.05, 4.69) is 0 Å². The van der Waals surface area contributed by atoms with Crippen LogP contribution < -0.4 is 10.5 Å². The van der Waals surface area contributed by atoms with Gasteiger partial charge in [0.15, 0.2) is 9.84 Å². The number of anilines is 1. The topological polar surface area (TPSA) is 69.4 Å². The molecular weight excluding hydrogens is 298 g/mol. The molecule has 0 fully saturated rings. The van der Waals surface area contributed by atoms with Gasteiger partial charge in [0.1, 0.15) is 10.6 Å². The fraction of sp³-hybridized carbons (Fsp3) is 0.143. The number of methoxy groups -OCH3 is 1. The lowest BCUT2D eigenvalue weighted by molar-refractivity contribution is 0.402. The SMILES string of the molecule is COc1ccccc1S(=O)(=O)Cc1ccc(N)cc1Cl. The number of para-hydroxylation sites is 1. The average Bonchev–Trinajstić information content (AvgIpc) is 2.42. The van der Waals surface area contributed by atoms with Crippen molar-refractivity contribution in [1.82, 2.24) is 0 Å². The summed E-state index contributed by atoms with van der Waals surface area (Å²) in [6.07, 6.45) is 0. The third-order valence-electron chi connectivity index (χ3n) is 2.83. The highest BCUT2D eigenvalue weighted by Crippen LogP contribution is 2.28. The van der Waals surface area contributed by atoms with Gasteiger partial charge in [0.2, 0.25) is 0 Å². The van der Waals surface area contributed by atoms with Crippen LogP contribution in [-0.2, 0) is 15.6 Å². The molecule has 4 nitrogen and oxygen atoms in total. The summed E-state index contributed by atoms with van der Waals surface area (Å²) in [5.74, 6) is 0.117. The van der Waals surface area contributed by atoms with E-state index >= 15 is 0 Å². The third kappa shape index (κ3) is 3.05. The molecule has 106 valence electrons. The van der Waals surface area contributed by atoms with Gasteiger partial charge in [-0.25, -0.2) is 8.42 Å². The maximum absolute atomic E-state index is 12.4. The molecule has 0 spiro atoms. The van der Waals surface area contributed by atoms with Crippen LogP contribution in [0.15, 0.2) is 47.4 Å². The first-order chi connectivity index (χ1) is 9.44. The Kier molecular flexibility index (Phi) is 4.20. The van der Waals surface area contributed by atoms with Gasteiger partial charge in [-0.3, -0.25) is 0 Å². The number of benzene rings is 2. The van der Waals surface area contributed by atoms with Gasteiger partial charge in [-0.15, -0.1) is 0 Å². The quantitative estimate of drug-likeness (QED) is 0.881. The molecule has 0 aromatic heterocycles. The Balaban J connectivity index is 2.41. The molecule has 2 aromatic rings. The molecule has 2 aromatic carbocycles. The molecule has 0 aliphatic rings. The van der Waals surface area contributed by atoms with E-state index in [9.17, 15) is 8.42 Å². The Morgan fingerprint density at radius 2 is 1.90 bits per heavy atom. The largest absolute Gasteiger partial charge is 0.495 e. The highest BCUT2D eigenvalue weighted by atomic mass is 35.5. The molecule has 0 saturated carbocycles. The second-order valence-electron chi connectivity index (χ2n) is 4.26. The highest BCUT2D eigenvalue weighted by molar-refractivity contribution is 7.90. The van der Waals surface area contributed by atoms with Gasteiger partial charge < -0.3 is 10.5 Å². The van der Waals surface area contributed by atoms with Crippen LogP contribution in [0.2, 0.25) is 5.02 Å². The number of ether oxygens (including phenoxy) is 1. The van der Waals surface area contributed by atoms with Crippen molar-refractivity contribution >= 4 is 27.1 Å². The minimum Gasteiger partial charge on any atom is -0.495 e. The number of halogens is 1. The molecule has 0 unspecified atom stereocenters. The van der Waals surface area contributed by atoms with Gasteiger partial charge in [-0.1, -0.05) is 29.8 Å². The molecule has 2 N–H and O–H groups in total. The summed E-state index contributed by atoms with van der Waals surface area (Å²) in [4.78, 5) is 0.149. The van der Waals surface area contributed by atoms with Crippen molar-refractivity contribution in [2.45, 2.75) is 10.6 Å². The molecule has 0 saturated heterocycles. The van der Waals surface area contributed by atoms with Crippen molar-refractivity contribution in [1.29, 1.82) is 0 Å². The molecule has 6 heteroatoms. The summed E-state index contributed by atoms with van der Waals surface area (Å²) in [6, 6.07) is 11.3. The predicted molar refractivity (Wildman–Crippen MR) is 79.7 cm³/mol. The van der Waals surface area contributed by atoms with E-state index in [0.717, 1.165) is 0 Å². The van der Waals surface area contributed by atoms with Crippen molar-refractivity contribution in [3.63, 3.8) is 0 Å². The van der Waals surface area contributed by atoms with Crippen LogP contribution >= 0.6 is 11.6 Å². The first-order valence-electron chi connectivity index (χ1n) is 5.84. The number of nitrogen functional groups attached to an aromatic ring is 1. The van der Waals surface area contributed by atoms with Crippen molar-refractivity contribution < 1.29 is 13.2 Å². The zero-order valence-corrected chi connectivity index (χ0v) is 12.4. The number of nitrogens with two attached hydrogens (primary N) is 1. The molecule has 0 bridgehead atoms. The van der Waals surface area contributed by atoms with Crippen LogP contribution in [0, 0.1) is 0 Å². The van der Waals surface area contributed by atoms with Crippen LogP contribution in [-0.4, -0.2) is 15.5 Å². The number of rotatable bonds is 4. The van der Waals surface area contributed by atoms with Crippen molar-refractivity contribution in [3.8, 4) is 5.75 Å². The van der Waals surface area contributed by atoms with E-state index in [1.54, 1.807) is 30.3 Å². The molecule has 0 heterocycles. The molecule has 0 radical (unpaired) electrons. The fourth-order valence-corrected chi connectivity index (χ4v) is 3.73. The zero-order chi connectivity index (χ0) is 14.8. The van der Waals surface area contributed by atoms with Gasteiger partial charge in [-0.2, -0.15) is 0 Å².